The Morgan fingerprint density at radius 1 is 1.24 bits per heavy atom. The first-order chi connectivity index (χ1) is 9.86. The van der Waals surface area contributed by atoms with Gasteiger partial charge >= 0.3 is 0 Å². The van der Waals surface area contributed by atoms with Crippen LogP contribution < -0.4 is 0 Å². The zero-order valence-electron chi connectivity index (χ0n) is 13.8. The van der Waals surface area contributed by atoms with Crippen LogP contribution in [0.3, 0.4) is 0 Å². The van der Waals surface area contributed by atoms with Crippen LogP contribution in [0.1, 0.15) is 53.4 Å². The number of hydrogen-bond acceptors (Lipinski definition) is 3. The van der Waals surface area contributed by atoms with E-state index in [1.54, 1.807) is 11.8 Å². The molecule has 0 spiro atoms. The molecular weight excluding hydrogens is 268 g/mol. The van der Waals surface area contributed by atoms with Crippen LogP contribution in [0.15, 0.2) is 0 Å². The van der Waals surface area contributed by atoms with Gasteiger partial charge in [0.2, 0.25) is 11.8 Å². The molecule has 1 aliphatic rings. The monoisotopic (exact) mass is 298 g/mol. The number of likely N-dealkylation sites (tertiary alicyclic amines) is 1. The SMILES string of the molecule is CCCC(=O)N1CCC(C(=O)N(CC(C)O)C(C)C)CC1. The van der Waals surface area contributed by atoms with Gasteiger partial charge in [0.25, 0.3) is 0 Å². The molecular formula is C16H30N2O3. The van der Waals surface area contributed by atoms with Crippen LogP contribution in [0.25, 0.3) is 0 Å². The molecule has 0 saturated carbocycles. The number of aliphatic hydroxyl groups excluding tert-OH is 1. The Balaban J connectivity index is 2.55. The van der Waals surface area contributed by atoms with Gasteiger partial charge in [-0.15, -0.1) is 0 Å². The Labute approximate surface area is 128 Å². The number of aliphatic hydroxyl groups is 1. The fourth-order valence-corrected chi connectivity index (χ4v) is 2.82. The molecule has 21 heavy (non-hydrogen) atoms. The van der Waals surface area contributed by atoms with Crippen LogP contribution in [0.5, 0.6) is 0 Å². The summed E-state index contributed by atoms with van der Waals surface area (Å²) in [6.07, 6.45) is 2.42. The number of carbonyl (C=O) groups is 2. The maximum atomic E-state index is 12.6. The number of amides is 2. The number of piperidine rings is 1. The number of carbonyl (C=O) groups excluding carboxylic acids is 2. The van der Waals surface area contributed by atoms with Crippen molar-refractivity contribution in [1.82, 2.24) is 9.80 Å². The molecule has 0 aromatic carbocycles. The molecule has 1 N–H and O–H groups in total. The Hall–Kier alpha value is -1.10. The zero-order valence-corrected chi connectivity index (χ0v) is 13.8. The van der Waals surface area contributed by atoms with E-state index < -0.39 is 6.10 Å². The van der Waals surface area contributed by atoms with Gasteiger partial charge in [-0.3, -0.25) is 9.59 Å². The maximum absolute atomic E-state index is 12.6. The quantitative estimate of drug-likeness (QED) is 0.811. The lowest BCUT2D eigenvalue weighted by Crippen LogP contribution is -2.48. The molecule has 1 rings (SSSR count). The van der Waals surface area contributed by atoms with Gasteiger partial charge in [-0.05, 0) is 40.0 Å². The molecule has 1 atom stereocenters. The molecule has 1 heterocycles. The first kappa shape index (κ1) is 18.0. The normalized spacial score (nSPS) is 17.9. The van der Waals surface area contributed by atoms with E-state index in [-0.39, 0.29) is 23.8 Å². The van der Waals surface area contributed by atoms with Gasteiger partial charge in [0.05, 0.1) is 6.10 Å². The van der Waals surface area contributed by atoms with Gasteiger partial charge in [-0.25, -0.2) is 0 Å². The van der Waals surface area contributed by atoms with Gasteiger partial charge < -0.3 is 14.9 Å². The number of rotatable bonds is 6. The third kappa shape index (κ3) is 5.30. The van der Waals surface area contributed by atoms with E-state index in [9.17, 15) is 14.7 Å². The van der Waals surface area contributed by atoms with Crippen molar-refractivity contribution < 1.29 is 14.7 Å². The third-order valence-corrected chi connectivity index (χ3v) is 4.03. The standard InChI is InChI=1S/C16H30N2O3/c1-5-6-15(20)17-9-7-14(8-10-17)16(21)18(12(2)3)11-13(4)19/h12-14,19H,5-11H2,1-4H3. The highest BCUT2D eigenvalue weighted by Crippen LogP contribution is 2.21. The summed E-state index contributed by atoms with van der Waals surface area (Å²) in [5, 5.41) is 9.55. The summed E-state index contributed by atoms with van der Waals surface area (Å²) in [5.74, 6) is 0.304. The molecule has 5 nitrogen and oxygen atoms in total. The Kier molecular flexibility index (Phi) is 7.15. The van der Waals surface area contributed by atoms with E-state index in [1.807, 2.05) is 25.7 Å². The highest BCUT2D eigenvalue weighted by atomic mass is 16.3. The van der Waals surface area contributed by atoms with Gasteiger partial charge in [-0.2, -0.15) is 0 Å². The molecule has 1 saturated heterocycles. The molecule has 1 unspecified atom stereocenters. The Morgan fingerprint density at radius 2 is 1.81 bits per heavy atom. The van der Waals surface area contributed by atoms with Crippen LogP contribution in [-0.2, 0) is 9.59 Å². The number of hydrogen-bond donors (Lipinski definition) is 1. The van der Waals surface area contributed by atoms with Crippen molar-refractivity contribution in [3.05, 3.63) is 0 Å². The van der Waals surface area contributed by atoms with Crippen LogP contribution in [0.2, 0.25) is 0 Å². The summed E-state index contributed by atoms with van der Waals surface area (Å²) in [5.41, 5.74) is 0. The molecule has 122 valence electrons. The lowest BCUT2D eigenvalue weighted by Gasteiger charge is -2.36. The molecule has 1 aliphatic heterocycles. The van der Waals surface area contributed by atoms with Crippen molar-refractivity contribution in [3.63, 3.8) is 0 Å². The fraction of sp³-hybridized carbons (Fsp3) is 0.875. The molecule has 0 radical (unpaired) electrons. The highest BCUT2D eigenvalue weighted by molar-refractivity contribution is 5.80. The molecule has 0 aromatic heterocycles. The fourth-order valence-electron chi connectivity index (χ4n) is 2.82. The minimum Gasteiger partial charge on any atom is -0.392 e. The van der Waals surface area contributed by atoms with Crippen molar-refractivity contribution in [1.29, 1.82) is 0 Å². The van der Waals surface area contributed by atoms with Crippen molar-refractivity contribution in [2.45, 2.75) is 65.5 Å². The predicted octanol–water partition coefficient (Wildman–Crippen LogP) is 1.64. The van der Waals surface area contributed by atoms with E-state index in [0.717, 1.165) is 19.3 Å². The second kappa shape index (κ2) is 8.37. The van der Waals surface area contributed by atoms with E-state index >= 15 is 0 Å². The molecule has 5 heteroatoms. The molecule has 2 amide bonds. The minimum absolute atomic E-state index is 0.0168. The first-order valence-corrected chi connectivity index (χ1v) is 8.13. The van der Waals surface area contributed by atoms with Crippen molar-refractivity contribution in [2.24, 2.45) is 5.92 Å². The molecule has 0 aliphatic carbocycles. The lowest BCUT2D eigenvalue weighted by molar-refractivity contribution is -0.143. The highest BCUT2D eigenvalue weighted by Gasteiger charge is 2.31. The summed E-state index contributed by atoms with van der Waals surface area (Å²) < 4.78 is 0. The summed E-state index contributed by atoms with van der Waals surface area (Å²) in [7, 11) is 0. The first-order valence-electron chi connectivity index (χ1n) is 8.13. The smallest absolute Gasteiger partial charge is 0.226 e. The number of nitrogens with zero attached hydrogens (tertiary/aromatic N) is 2. The van der Waals surface area contributed by atoms with Gasteiger partial charge in [0, 0.05) is 38.0 Å². The lowest BCUT2D eigenvalue weighted by atomic mass is 9.94. The van der Waals surface area contributed by atoms with E-state index in [4.69, 9.17) is 0 Å². The van der Waals surface area contributed by atoms with Crippen LogP contribution >= 0.6 is 0 Å². The van der Waals surface area contributed by atoms with Crippen LogP contribution in [0, 0.1) is 5.92 Å². The molecule has 0 aromatic rings. The average Bonchev–Trinajstić information content (AvgIpc) is 2.44. The predicted molar refractivity (Wildman–Crippen MR) is 82.7 cm³/mol. The summed E-state index contributed by atoms with van der Waals surface area (Å²) in [4.78, 5) is 28.1. The van der Waals surface area contributed by atoms with Crippen molar-refractivity contribution in [3.8, 4) is 0 Å². The van der Waals surface area contributed by atoms with Crippen molar-refractivity contribution in [2.75, 3.05) is 19.6 Å². The second-order valence-electron chi connectivity index (χ2n) is 6.34. The molecule has 0 bridgehead atoms. The zero-order chi connectivity index (χ0) is 16.0. The third-order valence-electron chi connectivity index (χ3n) is 4.03. The second-order valence-corrected chi connectivity index (χ2v) is 6.34. The van der Waals surface area contributed by atoms with E-state index in [2.05, 4.69) is 0 Å². The summed E-state index contributed by atoms with van der Waals surface area (Å²) >= 11 is 0. The van der Waals surface area contributed by atoms with E-state index in [0.29, 0.717) is 26.1 Å². The van der Waals surface area contributed by atoms with Gasteiger partial charge in [-0.1, -0.05) is 6.92 Å². The Bertz CT molecular complexity index is 347. The largest absolute Gasteiger partial charge is 0.392 e. The van der Waals surface area contributed by atoms with Crippen molar-refractivity contribution >= 4 is 11.8 Å². The average molecular weight is 298 g/mol. The maximum Gasteiger partial charge on any atom is 0.226 e. The van der Waals surface area contributed by atoms with E-state index in [1.165, 1.54) is 0 Å². The topological polar surface area (TPSA) is 60.9 Å². The van der Waals surface area contributed by atoms with Crippen LogP contribution in [-0.4, -0.2) is 58.5 Å². The van der Waals surface area contributed by atoms with Gasteiger partial charge in [0.1, 0.15) is 0 Å². The van der Waals surface area contributed by atoms with Gasteiger partial charge in [0.15, 0.2) is 0 Å². The van der Waals surface area contributed by atoms with Crippen LogP contribution in [0.4, 0.5) is 0 Å². The summed E-state index contributed by atoms with van der Waals surface area (Å²) in [6, 6.07) is 0.0897. The molecule has 1 fully saturated rings. The minimum atomic E-state index is -0.512. The Morgan fingerprint density at radius 3 is 2.24 bits per heavy atom. The summed E-state index contributed by atoms with van der Waals surface area (Å²) in [6.45, 7) is 9.39.